The highest BCUT2D eigenvalue weighted by Crippen LogP contribution is 2.59. The Morgan fingerprint density at radius 3 is 1.01 bits per heavy atom. The molecule has 8 heteroatoms. The van der Waals surface area contributed by atoms with Crippen molar-refractivity contribution < 1.29 is 0 Å². The van der Waals surface area contributed by atoms with Crippen molar-refractivity contribution in [2.75, 3.05) is 0 Å². The lowest BCUT2D eigenvalue weighted by atomic mass is 9.67. The fourth-order valence-electron chi connectivity index (χ4n) is 18.3. The van der Waals surface area contributed by atoms with Gasteiger partial charge in [0.2, 0.25) is 0 Å². The fraction of sp³-hybridized carbons (Fsp3) is 0.0185. The average molecular weight is 1500 g/mol. The maximum atomic E-state index is 5.15. The van der Waals surface area contributed by atoms with Crippen LogP contribution in [-0.4, -0.2) is 34.5 Å². The third-order valence-corrected chi connectivity index (χ3v) is 24.7. The molecule has 21 aromatic rings. The molecule has 0 spiro atoms. The first kappa shape index (κ1) is 67.9. The summed E-state index contributed by atoms with van der Waals surface area (Å²) in [7, 11) is 0. The first-order chi connectivity index (χ1) is 57.5. The van der Waals surface area contributed by atoms with Gasteiger partial charge in [-0.2, -0.15) is 0 Å². The van der Waals surface area contributed by atoms with Crippen LogP contribution in [0.25, 0.3) is 160 Å². The van der Waals surface area contributed by atoms with Gasteiger partial charge in [-0.15, -0.1) is 11.3 Å². The molecule has 0 N–H and O–H groups in total. The maximum absolute atomic E-state index is 5.15. The summed E-state index contributed by atoms with van der Waals surface area (Å²) in [6.45, 7) is 0. The molecule has 0 saturated carbocycles. The van der Waals surface area contributed by atoms with Crippen LogP contribution in [0.3, 0.4) is 0 Å². The Morgan fingerprint density at radius 1 is 0.198 bits per heavy atom. The third kappa shape index (κ3) is 11.2. The van der Waals surface area contributed by atoms with Gasteiger partial charge in [0.25, 0.3) is 0 Å². The number of thiophene rings is 1. The molecule has 7 nitrogen and oxygen atoms in total. The standard InChI is InChI=1S/C62H40N4.C46H29N3S/c1-4-17-43(18-5-1)59-63-60(44-19-6-2-7-20-44)65-61(64-59)47-32-36-53-54-37-33-49(62(48-22-8-3-9-23-48)55-26-14-12-24-51(55)52-25-13-15-27-56(52)62)40-58(54)66(57(53)39-47)50-34-30-42(31-35-50)46-29-28-41-16-10-11-21-45(41)38-46;1-4-14-30(15-5-1)43-47-44(31-16-6-2-7-17-31)49-45(48-43)32-24-27-41-38(28-32)37-26-25-34(29-42(37)50-41)46(33-18-8-3-9-19-33)39-22-12-10-20-35(39)36-21-11-13-23-40(36)46/h1-40H;1-29H. The molecule has 0 saturated heterocycles. The summed E-state index contributed by atoms with van der Waals surface area (Å²) >= 11 is 1.84. The van der Waals surface area contributed by atoms with Crippen LogP contribution in [0, 0.1) is 0 Å². The molecule has 0 atom stereocenters. The molecule has 0 bridgehead atoms. The van der Waals surface area contributed by atoms with E-state index >= 15 is 0 Å². The summed E-state index contributed by atoms with van der Waals surface area (Å²) in [6.07, 6.45) is 0. The Kier molecular flexibility index (Phi) is 16.4. The summed E-state index contributed by atoms with van der Waals surface area (Å²) in [4.78, 5) is 30.2. The van der Waals surface area contributed by atoms with Gasteiger partial charge in [0.05, 0.1) is 21.9 Å². The molecule has 2 aliphatic carbocycles. The second kappa shape index (κ2) is 28.0. The molecule has 116 heavy (non-hydrogen) atoms. The Balaban J connectivity index is 0.000000146. The molecule has 4 aromatic heterocycles. The van der Waals surface area contributed by atoms with Crippen LogP contribution in [0.15, 0.2) is 419 Å². The van der Waals surface area contributed by atoms with Gasteiger partial charge < -0.3 is 4.57 Å². The van der Waals surface area contributed by atoms with E-state index in [0.717, 1.165) is 55.5 Å². The van der Waals surface area contributed by atoms with Crippen molar-refractivity contribution in [3.8, 4) is 107 Å². The molecule has 17 aromatic carbocycles. The topological polar surface area (TPSA) is 82.3 Å². The van der Waals surface area contributed by atoms with Crippen LogP contribution in [0.5, 0.6) is 0 Å². The van der Waals surface area contributed by atoms with Gasteiger partial charge in [-0.05, 0) is 143 Å². The SMILES string of the molecule is c1ccc(-c2nc(-c3ccccc3)nc(-c3ccc4c5ccc(C6(c7ccccc7)c7ccccc7-c7ccccc76)cc5n(-c5ccc(-c6ccc7ccccc7c6)cc5)c4c3)n2)cc1.c1ccc(-c2nc(-c3ccccc3)nc(-c3ccc4sc5cc(C6(c7ccccc7)c7ccccc7-c7ccccc76)ccc5c4c3)n2)cc1. The molecule has 23 rings (SSSR count). The summed E-state index contributed by atoms with van der Waals surface area (Å²) in [6, 6.07) is 150. The number of hydrogen-bond donors (Lipinski definition) is 0. The van der Waals surface area contributed by atoms with Crippen LogP contribution in [-0.2, 0) is 10.8 Å². The zero-order valence-electron chi connectivity index (χ0n) is 62.9. The zero-order valence-corrected chi connectivity index (χ0v) is 63.7. The number of fused-ring (bicyclic) bond motifs is 13. The average Bonchev–Trinajstić information content (AvgIpc) is 1.54. The predicted molar refractivity (Wildman–Crippen MR) is 477 cm³/mol. The minimum Gasteiger partial charge on any atom is -0.309 e. The van der Waals surface area contributed by atoms with E-state index in [2.05, 4.69) is 326 Å². The Hall–Kier alpha value is -15.0. The van der Waals surface area contributed by atoms with E-state index in [0.29, 0.717) is 34.9 Å². The highest BCUT2D eigenvalue weighted by atomic mass is 32.1. The monoisotopic (exact) mass is 1500 g/mol. The molecule has 0 fully saturated rings. The van der Waals surface area contributed by atoms with E-state index in [1.165, 1.54) is 114 Å². The Labute approximate surface area is 675 Å². The molecule has 2 aliphatic rings. The number of hydrogen-bond acceptors (Lipinski definition) is 7. The van der Waals surface area contributed by atoms with E-state index in [9.17, 15) is 0 Å². The van der Waals surface area contributed by atoms with Gasteiger partial charge in [-0.3, -0.25) is 0 Å². The minimum absolute atomic E-state index is 0.420. The summed E-state index contributed by atoms with van der Waals surface area (Å²) in [5.41, 5.74) is 25.7. The highest BCUT2D eigenvalue weighted by Gasteiger charge is 2.48. The van der Waals surface area contributed by atoms with Gasteiger partial charge in [0, 0.05) is 70.0 Å². The van der Waals surface area contributed by atoms with Crippen LogP contribution in [0.4, 0.5) is 0 Å². The normalized spacial score (nSPS) is 12.8. The predicted octanol–water partition coefficient (Wildman–Crippen LogP) is 26.8. The van der Waals surface area contributed by atoms with Gasteiger partial charge >= 0.3 is 0 Å². The highest BCUT2D eigenvalue weighted by molar-refractivity contribution is 7.25. The number of rotatable bonds is 12. The lowest BCUT2D eigenvalue weighted by Gasteiger charge is -2.34. The van der Waals surface area contributed by atoms with E-state index in [1.54, 1.807) is 0 Å². The van der Waals surface area contributed by atoms with Crippen LogP contribution in [0.2, 0.25) is 0 Å². The van der Waals surface area contributed by atoms with Crippen molar-refractivity contribution in [2.45, 2.75) is 10.8 Å². The molecular weight excluding hydrogens is 1430 g/mol. The van der Waals surface area contributed by atoms with Crippen LogP contribution in [0.1, 0.15) is 44.5 Å². The molecular formula is C108H69N7S. The zero-order chi connectivity index (χ0) is 76.7. The maximum Gasteiger partial charge on any atom is 0.164 e. The van der Waals surface area contributed by atoms with E-state index in [1.807, 2.05) is 108 Å². The number of nitrogens with zero attached hydrogens (tertiary/aromatic N) is 7. The first-order valence-electron chi connectivity index (χ1n) is 39.4. The lowest BCUT2D eigenvalue weighted by Crippen LogP contribution is -2.28. The summed E-state index contributed by atoms with van der Waals surface area (Å²) in [5.74, 6) is 3.89. The molecule has 0 amide bonds. The van der Waals surface area contributed by atoms with Gasteiger partial charge in [0.1, 0.15) is 0 Å². The largest absolute Gasteiger partial charge is 0.309 e. The van der Waals surface area contributed by atoms with E-state index in [-0.39, 0.29) is 0 Å². The van der Waals surface area contributed by atoms with E-state index in [4.69, 9.17) is 29.9 Å². The van der Waals surface area contributed by atoms with Crippen molar-refractivity contribution in [3.05, 3.63) is 463 Å². The van der Waals surface area contributed by atoms with Gasteiger partial charge in [-0.1, -0.05) is 364 Å². The first-order valence-corrected chi connectivity index (χ1v) is 40.2. The molecule has 542 valence electrons. The Bertz CT molecular complexity index is 7170. The molecule has 0 aliphatic heterocycles. The second-order valence-electron chi connectivity index (χ2n) is 29.9. The third-order valence-electron chi connectivity index (χ3n) is 23.5. The lowest BCUT2D eigenvalue weighted by molar-refractivity contribution is 0.769. The van der Waals surface area contributed by atoms with Gasteiger partial charge in [-0.25, -0.2) is 29.9 Å². The van der Waals surface area contributed by atoms with E-state index < -0.39 is 10.8 Å². The van der Waals surface area contributed by atoms with Gasteiger partial charge in [0.15, 0.2) is 34.9 Å². The minimum atomic E-state index is -0.540. The summed E-state index contributed by atoms with van der Waals surface area (Å²) in [5, 5.41) is 7.23. The second-order valence-corrected chi connectivity index (χ2v) is 31.0. The molecule has 0 unspecified atom stereocenters. The molecule has 0 radical (unpaired) electrons. The fourth-order valence-corrected chi connectivity index (χ4v) is 19.4. The van der Waals surface area contributed by atoms with Crippen molar-refractivity contribution in [1.82, 2.24) is 34.5 Å². The quantitative estimate of drug-likeness (QED) is 0.121. The van der Waals surface area contributed by atoms with Crippen LogP contribution < -0.4 is 0 Å². The number of aromatic nitrogens is 7. The van der Waals surface area contributed by atoms with Crippen molar-refractivity contribution in [2.24, 2.45) is 0 Å². The van der Waals surface area contributed by atoms with Crippen molar-refractivity contribution in [3.63, 3.8) is 0 Å². The van der Waals surface area contributed by atoms with Crippen LogP contribution >= 0.6 is 11.3 Å². The summed E-state index contributed by atoms with van der Waals surface area (Å²) < 4.78 is 4.94. The molecule has 4 heterocycles. The Morgan fingerprint density at radius 2 is 0.543 bits per heavy atom. The van der Waals surface area contributed by atoms with Crippen molar-refractivity contribution >= 4 is 64.1 Å². The van der Waals surface area contributed by atoms with Crippen molar-refractivity contribution in [1.29, 1.82) is 0 Å². The number of benzene rings is 17. The smallest absolute Gasteiger partial charge is 0.164 e.